The van der Waals surface area contributed by atoms with Crippen molar-refractivity contribution in [2.24, 2.45) is 5.73 Å². The maximum atomic E-state index is 13.3. The molecule has 0 atom stereocenters. The molecule has 4 heterocycles. The van der Waals surface area contributed by atoms with Crippen LogP contribution in [0.25, 0.3) is 11.0 Å². The minimum Gasteiger partial charge on any atom is -0.388 e. The first-order valence-corrected chi connectivity index (χ1v) is 16.2. The fourth-order valence-electron chi connectivity index (χ4n) is 5.18. The number of rotatable bonds is 12. The highest BCUT2D eigenvalue weighted by molar-refractivity contribution is 9.12. The van der Waals surface area contributed by atoms with Gasteiger partial charge in [0.25, 0.3) is 29.5 Å². The van der Waals surface area contributed by atoms with Gasteiger partial charge >= 0.3 is 0 Å². The molecule has 12 N–H and O–H groups in total. The van der Waals surface area contributed by atoms with E-state index in [-0.39, 0.29) is 58.6 Å². The van der Waals surface area contributed by atoms with Gasteiger partial charge in [0.1, 0.15) is 17.1 Å². The van der Waals surface area contributed by atoms with E-state index in [0.29, 0.717) is 56.0 Å². The Labute approximate surface area is 310 Å². The van der Waals surface area contributed by atoms with Crippen LogP contribution >= 0.6 is 28.3 Å². The first-order valence-electron chi connectivity index (χ1n) is 15.4. The molecule has 1 aromatic carbocycles. The number of aromatic amines is 4. The molecule has 0 saturated carbocycles. The van der Waals surface area contributed by atoms with Crippen molar-refractivity contribution in [2.45, 2.75) is 34.1 Å². The summed E-state index contributed by atoms with van der Waals surface area (Å²) in [5.41, 5.74) is 10.8. The summed E-state index contributed by atoms with van der Waals surface area (Å²) in [6.45, 7) is 10.5. The number of amides is 5. The topological polar surface area (TPSA) is 271 Å². The molecule has 5 rings (SSSR count). The van der Waals surface area contributed by atoms with Crippen molar-refractivity contribution in [2.75, 3.05) is 27.8 Å². The highest BCUT2D eigenvalue weighted by Crippen LogP contribution is 2.27. The molecule has 0 aliphatic heterocycles. The number of amidine groups is 1. The van der Waals surface area contributed by atoms with Gasteiger partial charge in [-0.15, -0.1) is 12.4 Å². The Morgan fingerprint density at radius 2 is 1.23 bits per heavy atom. The van der Waals surface area contributed by atoms with E-state index in [9.17, 15) is 24.0 Å². The van der Waals surface area contributed by atoms with Crippen molar-refractivity contribution >= 4 is 97.5 Å². The molecule has 272 valence electrons. The van der Waals surface area contributed by atoms with Crippen molar-refractivity contribution in [1.82, 2.24) is 30.2 Å². The van der Waals surface area contributed by atoms with Gasteiger partial charge in [-0.2, -0.15) is 0 Å². The highest BCUT2D eigenvalue weighted by Gasteiger charge is 2.23. The van der Waals surface area contributed by atoms with Gasteiger partial charge in [-0.05, 0) is 55.8 Å². The van der Waals surface area contributed by atoms with Crippen LogP contribution in [0.15, 0.2) is 41.8 Å². The van der Waals surface area contributed by atoms with Crippen molar-refractivity contribution in [3.05, 3.63) is 86.9 Å². The quantitative estimate of drug-likeness (QED) is 0.0474. The Morgan fingerprint density at radius 3 is 1.71 bits per heavy atom. The zero-order chi connectivity index (χ0) is 37.1. The maximum Gasteiger partial charge on any atom is 0.291 e. The monoisotopic (exact) mass is 794 g/mol. The lowest BCUT2D eigenvalue weighted by Gasteiger charge is -2.07. The molecule has 5 aromatic rings. The maximum absolute atomic E-state index is 13.3. The Hall–Kier alpha value is -6.14. The SMILES string of the molecule is C=C(Br)C(=O)Nc1ccc2[nH]c(C(=O)Nc3c[nH]c(C(=O)Nc4c[nH]c(C(=O)Nc5c[nH]c(C(=O)NCCC(=N)N)c5C)c4C)c3C)nc2c1C.Cl. The lowest BCUT2D eigenvalue weighted by atomic mass is 10.1. The van der Waals surface area contributed by atoms with Crippen LogP contribution in [0, 0.1) is 33.1 Å². The van der Waals surface area contributed by atoms with Gasteiger partial charge in [0, 0.05) is 59.5 Å². The zero-order valence-corrected chi connectivity index (χ0v) is 30.8. The molecule has 52 heavy (non-hydrogen) atoms. The molecule has 0 unspecified atom stereocenters. The van der Waals surface area contributed by atoms with Gasteiger partial charge in [-0.25, -0.2) is 4.98 Å². The van der Waals surface area contributed by atoms with Crippen molar-refractivity contribution in [1.29, 1.82) is 5.41 Å². The number of anilines is 4. The number of hydrogen-bond donors (Lipinski definition) is 11. The number of H-pyrrole nitrogens is 4. The van der Waals surface area contributed by atoms with Crippen molar-refractivity contribution in [3.8, 4) is 0 Å². The summed E-state index contributed by atoms with van der Waals surface area (Å²) in [5, 5.41) is 21.0. The van der Waals surface area contributed by atoms with Gasteiger partial charge in [0.2, 0.25) is 0 Å². The predicted molar refractivity (Wildman–Crippen MR) is 204 cm³/mol. The third kappa shape index (κ3) is 8.08. The molecule has 0 bridgehead atoms. The molecule has 19 heteroatoms. The number of aryl methyl sites for hydroxylation is 1. The number of hydrogen-bond acceptors (Lipinski definition) is 7. The first-order chi connectivity index (χ1) is 24.2. The van der Waals surface area contributed by atoms with Crippen LogP contribution in [0.1, 0.15) is 70.8 Å². The van der Waals surface area contributed by atoms with E-state index in [1.165, 1.54) is 18.6 Å². The molecule has 0 fully saturated rings. The predicted octanol–water partition coefficient (Wildman–Crippen LogP) is 4.86. The molecular weight excluding hydrogens is 760 g/mol. The number of benzene rings is 1. The smallest absolute Gasteiger partial charge is 0.291 e. The Balaban J connectivity index is 0.00000605. The summed E-state index contributed by atoms with van der Waals surface area (Å²) < 4.78 is 0.168. The van der Waals surface area contributed by atoms with E-state index in [1.807, 2.05) is 0 Å². The van der Waals surface area contributed by atoms with Crippen LogP contribution in [0.5, 0.6) is 0 Å². The van der Waals surface area contributed by atoms with Crippen LogP contribution in [0.2, 0.25) is 0 Å². The average Bonchev–Trinajstić information content (AvgIpc) is 3.85. The fourth-order valence-corrected chi connectivity index (χ4v) is 5.28. The third-order valence-electron chi connectivity index (χ3n) is 8.14. The molecule has 0 radical (unpaired) electrons. The van der Waals surface area contributed by atoms with Crippen LogP contribution in [0.4, 0.5) is 22.7 Å². The van der Waals surface area contributed by atoms with Crippen LogP contribution in [-0.4, -0.2) is 66.8 Å². The first kappa shape index (κ1) is 38.7. The number of fused-ring (bicyclic) bond motifs is 1. The average molecular weight is 796 g/mol. The van der Waals surface area contributed by atoms with Gasteiger partial charge < -0.3 is 52.3 Å². The van der Waals surface area contributed by atoms with E-state index in [2.05, 4.69) is 74.0 Å². The molecule has 17 nitrogen and oxygen atoms in total. The van der Waals surface area contributed by atoms with Crippen LogP contribution < -0.4 is 32.3 Å². The van der Waals surface area contributed by atoms with Crippen molar-refractivity contribution in [3.63, 3.8) is 0 Å². The number of halogens is 2. The normalized spacial score (nSPS) is 10.6. The molecule has 0 spiro atoms. The van der Waals surface area contributed by atoms with E-state index in [4.69, 9.17) is 11.1 Å². The zero-order valence-electron chi connectivity index (χ0n) is 28.4. The highest BCUT2D eigenvalue weighted by atomic mass is 79.9. The molecule has 0 aliphatic rings. The largest absolute Gasteiger partial charge is 0.388 e. The summed E-state index contributed by atoms with van der Waals surface area (Å²) in [4.78, 5) is 80.1. The molecule has 0 aliphatic carbocycles. The summed E-state index contributed by atoms with van der Waals surface area (Å²) in [6.07, 6.45) is 4.68. The molecular formula is C33H36BrClN12O5. The van der Waals surface area contributed by atoms with Gasteiger partial charge in [-0.3, -0.25) is 29.4 Å². The fraction of sp³-hybridized carbons (Fsp3) is 0.182. The number of aromatic nitrogens is 5. The van der Waals surface area contributed by atoms with Gasteiger partial charge in [0.05, 0.1) is 38.4 Å². The second-order valence-corrected chi connectivity index (χ2v) is 12.5. The van der Waals surface area contributed by atoms with Gasteiger partial charge in [0.15, 0.2) is 5.82 Å². The Bertz CT molecular complexity index is 2260. The van der Waals surface area contributed by atoms with Gasteiger partial charge in [-0.1, -0.05) is 6.58 Å². The lowest BCUT2D eigenvalue weighted by Crippen LogP contribution is -2.28. The number of carbonyl (C=O) groups excluding carboxylic acids is 5. The van der Waals surface area contributed by atoms with E-state index < -0.39 is 29.5 Å². The van der Waals surface area contributed by atoms with Crippen LogP contribution in [-0.2, 0) is 4.79 Å². The van der Waals surface area contributed by atoms with Crippen LogP contribution in [0.3, 0.4) is 0 Å². The summed E-state index contributed by atoms with van der Waals surface area (Å²) >= 11 is 3.05. The second kappa shape index (κ2) is 15.8. The molecule has 5 amide bonds. The van der Waals surface area contributed by atoms with E-state index >= 15 is 0 Å². The van der Waals surface area contributed by atoms with E-state index in [1.54, 1.807) is 39.8 Å². The van der Waals surface area contributed by atoms with E-state index in [0.717, 1.165) is 0 Å². The molecule has 0 saturated heterocycles. The minimum absolute atomic E-state index is 0. The minimum atomic E-state index is -0.547. The lowest BCUT2D eigenvalue weighted by molar-refractivity contribution is -0.112. The Kier molecular flexibility index (Phi) is 11.8. The number of nitrogens with zero attached hydrogens (tertiary/aromatic N) is 1. The Morgan fingerprint density at radius 1 is 0.750 bits per heavy atom. The number of nitrogens with two attached hydrogens (primary N) is 1. The summed E-state index contributed by atoms with van der Waals surface area (Å²) in [6, 6.07) is 3.38. The second-order valence-electron chi connectivity index (χ2n) is 11.6. The number of carbonyl (C=O) groups is 5. The standard InChI is InChI=1S/C33H35BrN12O5.ClH/c1-13-18(42-29(47)17(5)34)6-7-19-24(13)46-28(41-19)33(51)45-22-12-40-27(16(22)4)32(50)44-21-11-39-26(15(21)3)31(49)43-20-10-38-25(14(20)2)30(48)37-9-8-23(35)36;/h6-7,10-12,38-40H,5,8-9H2,1-4H3,(H3,35,36)(H,37,48)(H,41,46)(H,42,47)(H,43,49)(H,44,50)(H,45,51);1H. The number of nitrogens with one attached hydrogen (secondary N) is 10. The number of imidazole rings is 1. The summed E-state index contributed by atoms with van der Waals surface area (Å²) in [7, 11) is 0. The summed E-state index contributed by atoms with van der Waals surface area (Å²) in [5.74, 6) is -2.37. The molecule has 4 aromatic heterocycles. The third-order valence-corrected chi connectivity index (χ3v) is 8.50. The van der Waals surface area contributed by atoms with Crippen molar-refractivity contribution < 1.29 is 24.0 Å².